The van der Waals surface area contributed by atoms with Gasteiger partial charge in [0.1, 0.15) is 5.82 Å². The van der Waals surface area contributed by atoms with E-state index in [-0.39, 0.29) is 0 Å². The number of piperidine rings is 1. The van der Waals surface area contributed by atoms with Crippen LogP contribution in [0.25, 0.3) is 0 Å². The van der Waals surface area contributed by atoms with Crippen LogP contribution in [0.1, 0.15) is 12.8 Å². The van der Waals surface area contributed by atoms with Crippen molar-refractivity contribution in [3.8, 4) is 0 Å². The second-order valence-electron chi connectivity index (χ2n) is 4.13. The van der Waals surface area contributed by atoms with Gasteiger partial charge < -0.3 is 10.6 Å². The summed E-state index contributed by atoms with van der Waals surface area (Å²) in [4.78, 5) is 6.05. The van der Waals surface area contributed by atoms with Crippen LogP contribution in [0.2, 0.25) is 0 Å². The molecule has 0 spiro atoms. The maximum absolute atomic E-state index is 12.6. The topological polar surface area (TPSA) is 42.1 Å². The fourth-order valence-corrected chi connectivity index (χ4v) is 2.01. The van der Waals surface area contributed by atoms with Gasteiger partial charge in [-0.25, -0.2) is 13.8 Å². The highest BCUT2D eigenvalue weighted by Gasteiger charge is 2.27. The van der Waals surface area contributed by atoms with E-state index in [9.17, 15) is 8.78 Å². The summed E-state index contributed by atoms with van der Waals surface area (Å²) in [6, 6.07) is 3.53. The number of halogens is 2. The van der Waals surface area contributed by atoms with Gasteiger partial charge in [0.25, 0.3) is 0 Å². The molecule has 1 aromatic heterocycles. The fourth-order valence-electron chi connectivity index (χ4n) is 2.01. The lowest BCUT2D eigenvalue weighted by atomic mass is 9.98. The molecule has 0 saturated carbocycles. The molecule has 16 heavy (non-hydrogen) atoms. The van der Waals surface area contributed by atoms with Crippen LogP contribution >= 0.6 is 0 Å². The van der Waals surface area contributed by atoms with E-state index in [2.05, 4.69) is 4.98 Å². The summed E-state index contributed by atoms with van der Waals surface area (Å²) in [6.45, 7) is 1.18. The summed E-state index contributed by atoms with van der Waals surface area (Å²) in [5.41, 5.74) is 6.12. The molecule has 0 amide bonds. The average Bonchev–Trinajstić information content (AvgIpc) is 2.30. The minimum absolute atomic E-state index is 0.384. The van der Waals surface area contributed by atoms with Crippen LogP contribution in [0.15, 0.2) is 18.3 Å². The molecular weight excluding hydrogens is 212 g/mol. The van der Waals surface area contributed by atoms with Crippen molar-refractivity contribution in [1.82, 2.24) is 4.98 Å². The Bertz CT molecular complexity index is 340. The van der Waals surface area contributed by atoms with Gasteiger partial charge in [-0.3, -0.25) is 0 Å². The third-order valence-electron chi connectivity index (χ3n) is 2.91. The van der Waals surface area contributed by atoms with Gasteiger partial charge in [0, 0.05) is 19.0 Å². The lowest BCUT2D eigenvalue weighted by Crippen LogP contribution is -2.38. The van der Waals surface area contributed by atoms with Gasteiger partial charge in [-0.2, -0.15) is 0 Å². The Morgan fingerprint density at radius 2 is 2.25 bits per heavy atom. The average molecular weight is 227 g/mol. The number of alkyl halides is 2. The van der Waals surface area contributed by atoms with Gasteiger partial charge in [-0.15, -0.1) is 0 Å². The van der Waals surface area contributed by atoms with Crippen LogP contribution in [-0.4, -0.2) is 24.5 Å². The van der Waals surface area contributed by atoms with E-state index in [0.717, 1.165) is 18.8 Å². The molecule has 2 heterocycles. The molecule has 0 bridgehead atoms. The zero-order valence-electron chi connectivity index (χ0n) is 8.94. The summed E-state index contributed by atoms with van der Waals surface area (Å²) in [6.07, 6.45) is 0.711. The van der Waals surface area contributed by atoms with Gasteiger partial charge in [-0.05, 0) is 25.0 Å². The highest BCUT2D eigenvalue weighted by molar-refractivity contribution is 5.46. The normalized spacial score (nSPS) is 21.4. The summed E-state index contributed by atoms with van der Waals surface area (Å²) < 4.78 is 25.2. The highest BCUT2D eigenvalue weighted by Crippen LogP contribution is 2.25. The highest BCUT2D eigenvalue weighted by atomic mass is 19.3. The summed E-state index contributed by atoms with van der Waals surface area (Å²) in [5, 5.41) is 0. The number of hydrogen-bond donors (Lipinski definition) is 1. The largest absolute Gasteiger partial charge is 0.397 e. The summed E-state index contributed by atoms with van der Waals surface area (Å²) in [5.74, 6) is 0.202. The first kappa shape index (κ1) is 11.1. The van der Waals surface area contributed by atoms with E-state index < -0.39 is 12.3 Å². The minimum Gasteiger partial charge on any atom is -0.397 e. The number of nitrogens with zero attached hydrogens (tertiary/aromatic N) is 2. The molecule has 1 atom stereocenters. The molecule has 3 nitrogen and oxygen atoms in total. The van der Waals surface area contributed by atoms with Gasteiger partial charge in [-0.1, -0.05) is 0 Å². The molecular formula is C11H15F2N3. The number of aromatic nitrogens is 1. The molecule has 2 rings (SSSR count). The van der Waals surface area contributed by atoms with Crippen molar-refractivity contribution in [3.05, 3.63) is 18.3 Å². The second-order valence-corrected chi connectivity index (χ2v) is 4.13. The van der Waals surface area contributed by atoms with Crippen LogP contribution < -0.4 is 10.6 Å². The molecule has 1 aliphatic rings. The molecule has 1 saturated heterocycles. The van der Waals surface area contributed by atoms with Crippen molar-refractivity contribution in [2.45, 2.75) is 19.3 Å². The Balaban J connectivity index is 2.06. The van der Waals surface area contributed by atoms with Crippen molar-refractivity contribution in [2.24, 2.45) is 5.92 Å². The molecule has 1 fully saturated rings. The van der Waals surface area contributed by atoms with Crippen molar-refractivity contribution in [2.75, 3.05) is 23.7 Å². The monoisotopic (exact) mass is 227 g/mol. The number of nitrogen functional groups attached to an aromatic ring is 1. The van der Waals surface area contributed by atoms with Gasteiger partial charge in [0.05, 0.1) is 11.9 Å². The summed E-state index contributed by atoms with van der Waals surface area (Å²) in [7, 11) is 0. The quantitative estimate of drug-likeness (QED) is 0.841. The smallest absolute Gasteiger partial charge is 0.243 e. The molecule has 1 aliphatic heterocycles. The zero-order chi connectivity index (χ0) is 11.5. The Morgan fingerprint density at radius 1 is 1.44 bits per heavy atom. The number of rotatable bonds is 2. The Hall–Kier alpha value is -1.39. The zero-order valence-corrected chi connectivity index (χ0v) is 8.94. The molecule has 1 unspecified atom stereocenters. The van der Waals surface area contributed by atoms with Gasteiger partial charge >= 0.3 is 0 Å². The Labute approximate surface area is 93.3 Å². The standard InChI is InChI=1S/C11H15F2N3/c12-11(13)8-2-1-5-16(7-8)10-4-3-9(14)6-15-10/h3-4,6,8,11H,1-2,5,7,14H2. The van der Waals surface area contributed by atoms with E-state index in [4.69, 9.17) is 5.73 Å². The lowest BCUT2D eigenvalue weighted by Gasteiger charge is -2.33. The number of anilines is 2. The molecule has 0 aliphatic carbocycles. The third kappa shape index (κ3) is 2.40. The lowest BCUT2D eigenvalue weighted by molar-refractivity contribution is 0.0686. The number of hydrogen-bond acceptors (Lipinski definition) is 3. The summed E-state index contributed by atoms with van der Waals surface area (Å²) >= 11 is 0. The SMILES string of the molecule is Nc1ccc(N2CCCC(C(F)F)C2)nc1. The molecule has 88 valence electrons. The van der Waals surface area contributed by atoms with Crippen molar-refractivity contribution >= 4 is 11.5 Å². The molecule has 0 aromatic carbocycles. The first-order valence-electron chi connectivity index (χ1n) is 5.41. The van der Waals surface area contributed by atoms with Crippen molar-refractivity contribution in [3.63, 3.8) is 0 Å². The van der Waals surface area contributed by atoms with Crippen LogP contribution in [0.3, 0.4) is 0 Å². The predicted octanol–water partition coefficient (Wildman–Crippen LogP) is 2.15. The first-order valence-corrected chi connectivity index (χ1v) is 5.41. The number of pyridine rings is 1. The third-order valence-corrected chi connectivity index (χ3v) is 2.91. The van der Waals surface area contributed by atoms with Crippen molar-refractivity contribution in [1.29, 1.82) is 0 Å². The maximum atomic E-state index is 12.6. The van der Waals surface area contributed by atoms with E-state index in [0.29, 0.717) is 18.7 Å². The Morgan fingerprint density at radius 3 is 2.88 bits per heavy atom. The Kier molecular flexibility index (Phi) is 3.22. The van der Waals surface area contributed by atoms with Crippen molar-refractivity contribution < 1.29 is 8.78 Å². The van der Waals surface area contributed by atoms with Crippen LogP contribution in [0.5, 0.6) is 0 Å². The molecule has 2 N–H and O–H groups in total. The van der Waals surface area contributed by atoms with Crippen LogP contribution in [-0.2, 0) is 0 Å². The van der Waals surface area contributed by atoms with E-state index in [1.54, 1.807) is 18.3 Å². The molecule has 1 aromatic rings. The fraction of sp³-hybridized carbons (Fsp3) is 0.545. The maximum Gasteiger partial charge on any atom is 0.243 e. The number of nitrogens with two attached hydrogens (primary N) is 1. The predicted molar refractivity (Wildman–Crippen MR) is 59.6 cm³/mol. The minimum atomic E-state index is -2.24. The van der Waals surface area contributed by atoms with E-state index in [1.807, 2.05) is 4.90 Å². The van der Waals surface area contributed by atoms with E-state index >= 15 is 0 Å². The first-order chi connectivity index (χ1) is 7.66. The van der Waals surface area contributed by atoms with Crippen LogP contribution in [0, 0.1) is 5.92 Å². The molecule has 5 heteroatoms. The van der Waals surface area contributed by atoms with E-state index in [1.165, 1.54) is 0 Å². The molecule has 0 radical (unpaired) electrons. The second kappa shape index (κ2) is 4.63. The van der Waals surface area contributed by atoms with Crippen LogP contribution in [0.4, 0.5) is 20.3 Å². The van der Waals surface area contributed by atoms with Gasteiger partial charge in [0.2, 0.25) is 6.43 Å². The van der Waals surface area contributed by atoms with Gasteiger partial charge in [0.15, 0.2) is 0 Å².